The Bertz CT molecular complexity index is 916. The monoisotopic (exact) mass is 367 g/mol. The summed E-state index contributed by atoms with van der Waals surface area (Å²) in [4.78, 5) is 20.4. The topological polar surface area (TPSA) is 59.2 Å². The number of nitrogens with zero attached hydrogens (tertiary/aromatic N) is 3. The molecule has 0 saturated carbocycles. The number of amides is 1. The lowest BCUT2D eigenvalue weighted by atomic mass is 10.1. The Morgan fingerprint density at radius 3 is 2.85 bits per heavy atom. The molecule has 1 saturated heterocycles. The highest BCUT2D eigenvalue weighted by molar-refractivity contribution is 7.13. The molecule has 5 nitrogen and oxygen atoms in total. The van der Waals surface area contributed by atoms with Gasteiger partial charge in [-0.2, -0.15) is 0 Å². The summed E-state index contributed by atoms with van der Waals surface area (Å²) in [7, 11) is 0. The molecule has 3 aromatic rings. The van der Waals surface area contributed by atoms with Crippen molar-refractivity contribution in [2.75, 3.05) is 6.54 Å². The molecule has 0 aliphatic carbocycles. The third kappa shape index (κ3) is 3.29. The van der Waals surface area contributed by atoms with E-state index in [1.807, 2.05) is 43.0 Å². The molecule has 1 atom stereocenters. The molecule has 1 aliphatic rings. The van der Waals surface area contributed by atoms with E-state index in [1.165, 1.54) is 16.9 Å². The fourth-order valence-electron chi connectivity index (χ4n) is 3.47. The summed E-state index contributed by atoms with van der Waals surface area (Å²) < 4.78 is 5.42. The number of benzene rings is 1. The van der Waals surface area contributed by atoms with E-state index in [9.17, 15) is 4.79 Å². The lowest BCUT2D eigenvalue weighted by molar-refractivity contribution is 0.0718. The highest BCUT2D eigenvalue weighted by atomic mass is 32.1. The predicted molar refractivity (Wildman–Crippen MR) is 100 cm³/mol. The smallest absolute Gasteiger partial charge is 0.266 e. The Balaban J connectivity index is 1.56. The molecule has 6 heteroatoms. The number of aryl methyl sites for hydroxylation is 2. The van der Waals surface area contributed by atoms with Gasteiger partial charge in [0.1, 0.15) is 4.88 Å². The molecule has 2 aromatic heterocycles. The first-order valence-electron chi connectivity index (χ1n) is 8.86. The molecular weight excluding hydrogens is 346 g/mol. The van der Waals surface area contributed by atoms with Gasteiger partial charge in [-0.15, -0.1) is 11.3 Å². The van der Waals surface area contributed by atoms with Crippen LogP contribution in [0.2, 0.25) is 0 Å². The van der Waals surface area contributed by atoms with E-state index < -0.39 is 0 Å². The minimum absolute atomic E-state index is 0.0252. The third-order valence-electron chi connectivity index (χ3n) is 4.72. The molecule has 0 N–H and O–H groups in total. The highest BCUT2D eigenvalue weighted by Gasteiger charge is 2.34. The molecule has 0 spiro atoms. The Kier molecular flexibility index (Phi) is 4.59. The maximum atomic E-state index is 13.2. The van der Waals surface area contributed by atoms with Gasteiger partial charge in [-0.05, 0) is 32.3 Å². The van der Waals surface area contributed by atoms with E-state index in [1.54, 1.807) is 0 Å². The first-order valence-corrected chi connectivity index (χ1v) is 9.68. The lowest BCUT2D eigenvalue weighted by Crippen LogP contribution is -2.30. The first kappa shape index (κ1) is 17.0. The number of hydrogen-bond donors (Lipinski definition) is 0. The maximum Gasteiger partial charge on any atom is 0.266 e. The first-order chi connectivity index (χ1) is 12.6. The standard InChI is InChI=1S/C20H21N3O2S/c1-13-11-17(25-22-13)16-9-6-10-23(16)20(24)19-14(2)21-18(26-19)12-15-7-4-3-5-8-15/h3-5,7-8,11,16H,6,9-10,12H2,1-2H3/t16-/m1/s1. The predicted octanol–water partition coefficient (Wildman–Crippen LogP) is 4.32. The van der Waals surface area contributed by atoms with Crippen molar-refractivity contribution in [3.05, 3.63) is 69.0 Å². The van der Waals surface area contributed by atoms with Crippen LogP contribution in [0.1, 0.15) is 56.3 Å². The molecule has 0 radical (unpaired) electrons. The summed E-state index contributed by atoms with van der Waals surface area (Å²) >= 11 is 1.50. The van der Waals surface area contributed by atoms with Crippen LogP contribution in [0.4, 0.5) is 0 Å². The quantitative estimate of drug-likeness (QED) is 0.689. The van der Waals surface area contributed by atoms with Crippen LogP contribution >= 0.6 is 11.3 Å². The lowest BCUT2D eigenvalue weighted by Gasteiger charge is -2.22. The summed E-state index contributed by atoms with van der Waals surface area (Å²) in [5.74, 6) is 0.830. The summed E-state index contributed by atoms with van der Waals surface area (Å²) in [6.07, 6.45) is 2.64. The van der Waals surface area contributed by atoms with E-state index >= 15 is 0 Å². The highest BCUT2D eigenvalue weighted by Crippen LogP contribution is 2.35. The third-order valence-corrected chi connectivity index (χ3v) is 5.87. The van der Waals surface area contributed by atoms with E-state index in [0.717, 1.165) is 52.8 Å². The number of hydrogen-bond acceptors (Lipinski definition) is 5. The second-order valence-corrected chi connectivity index (χ2v) is 7.80. The van der Waals surface area contributed by atoms with Crippen LogP contribution in [0.5, 0.6) is 0 Å². The van der Waals surface area contributed by atoms with Crippen molar-refractivity contribution in [1.82, 2.24) is 15.0 Å². The van der Waals surface area contributed by atoms with Crippen LogP contribution < -0.4 is 0 Å². The molecule has 4 rings (SSSR count). The maximum absolute atomic E-state index is 13.2. The molecule has 1 aromatic carbocycles. The number of rotatable bonds is 4. The Hall–Kier alpha value is -2.47. The zero-order chi connectivity index (χ0) is 18.1. The normalized spacial score (nSPS) is 17.0. The second kappa shape index (κ2) is 7.03. The number of aromatic nitrogens is 2. The van der Waals surface area contributed by atoms with Crippen LogP contribution in [0.3, 0.4) is 0 Å². The number of thiazole rings is 1. The number of carbonyl (C=O) groups is 1. The zero-order valence-corrected chi connectivity index (χ0v) is 15.8. The van der Waals surface area contributed by atoms with Crippen molar-refractivity contribution < 1.29 is 9.32 Å². The average molecular weight is 367 g/mol. The van der Waals surface area contributed by atoms with Gasteiger partial charge in [-0.25, -0.2) is 4.98 Å². The summed E-state index contributed by atoms with van der Waals surface area (Å²) in [5, 5.41) is 4.95. The van der Waals surface area contributed by atoms with Gasteiger partial charge < -0.3 is 9.42 Å². The molecule has 0 bridgehead atoms. The SMILES string of the molecule is Cc1cc([C@H]2CCCN2C(=O)c2sc(Cc3ccccc3)nc2C)on1. The summed E-state index contributed by atoms with van der Waals surface area (Å²) in [5.41, 5.74) is 2.86. The fraction of sp³-hybridized carbons (Fsp3) is 0.350. The van der Waals surface area contributed by atoms with Gasteiger partial charge >= 0.3 is 0 Å². The van der Waals surface area contributed by atoms with Gasteiger partial charge in [0.2, 0.25) is 0 Å². The van der Waals surface area contributed by atoms with Crippen LogP contribution in [0.25, 0.3) is 0 Å². The fourth-order valence-corrected chi connectivity index (χ4v) is 4.53. The summed E-state index contributed by atoms with van der Waals surface area (Å²) in [6.45, 7) is 4.56. The average Bonchev–Trinajstić information content (AvgIpc) is 3.35. The van der Waals surface area contributed by atoms with E-state index in [2.05, 4.69) is 22.3 Å². The van der Waals surface area contributed by atoms with E-state index in [0.29, 0.717) is 0 Å². The van der Waals surface area contributed by atoms with Gasteiger partial charge in [0.05, 0.1) is 22.4 Å². The number of carbonyl (C=O) groups excluding carboxylic acids is 1. The van der Waals surface area contributed by atoms with Crippen LogP contribution in [0, 0.1) is 13.8 Å². The molecule has 1 amide bonds. The molecule has 1 aliphatic heterocycles. The molecule has 1 fully saturated rings. The van der Waals surface area contributed by atoms with Gasteiger partial charge in [0, 0.05) is 19.0 Å². The van der Waals surface area contributed by atoms with Crippen molar-refractivity contribution in [2.45, 2.75) is 39.2 Å². The van der Waals surface area contributed by atoms with Crippen molar-refractivity contribution >= 4 is 17.2 Å². The minimum atomic E-state index is -0.0252. The van der Waals surface area contributed by atoms with E-state index in [-0.39, 0.29) is 11.9 Å². The minimum Gasteiger partial charge on any atom is -0.359 e. The zero-order valence-electron chi connectivity index (χ0n) is 14.9. The Morgan fingerprint density at radius 2 is 2.12 bits per heavy atom. The Morgan fingerprint density at radius 1 is 1.31 bits per heavy atom. The van der Waals surface area contributed by atoms with Gasteiger partial charge in [0.15, 0.2) is 5.76 Å². The van der Waals surface area contributed by atoms with Gasteiger partial charge in [-0.1, -0.05) is 35.5 Å². The van der Waals surface area contributed by atoms with Crippen molar-refractivity contribution in [1.29, 1.82) is 0 Å². The van der Waals surface area contributed by atoms with Crippen molar-refractivity contribution in [2.24, 2.45) is 0 Å². The molecule has 134 valence electrons. The van der Waals surface area contributed by atoms with Crippen LogP contribution in [-0.2, 0) is 6.42 Å². The van der Waals surface area contributed by atoms with E-state index in [4.69, 9.17) is 4.52 Å². The Labute approximate surface area is 156 Å². The summed E-state index contributed by atoms with van der Waals surface area (Å²) in [6, 6.07) is 12.1. The number of likely N-dealkylation sites (tertiary alicyclic amines) is 1. The largest absolute Gasteiger partial charge is 0.359 e. The van der Waals surface area contributed by atoms with Crippen molar-refractivity contribution in [3.63, 3.8) is 0 Å². The molecule has 0 unspecified atom stereocenters. The van der Waals surface area contributed by atoms with Crippen LogP contribution in [-0.4, -0.2) is 27.5 Å². The van der Waals surface area contributed by atoms with Gasteiger partial charge in [-0.3, -0.25) is 4.79 Å². The van der Waals surface area contributed by atoms with Crippen LogP contribution in [0.15, 0.2) is 40.9 Å². The molecule has 26 heavy (non-hydrogen) atoms. The van der Waals surface area contributed by atoms with Crippen molar-refractivity contribution in [3.8, 4) is 0 Å². The molecule has 3 heterocycles. The molecular formula is C20H21N3O2S. The van der Waals surface area contributed by atoms with Gasteiger partial charge in [0.25, 0.3) is 5.91 Å². The second-order valence-electron chi connectivity index (χ2n) is 6.71.